The van der Waals surface area contributed by atoms with Crippen molar-refractivity contribution in [1.29, 1.82) is 0 Å². The van der Waals surface area contributed by atoms with E-state index in [1.54, 1.807) is 6.07 Å². The summed E-state index contributed by atoms with van der Waals surface area (Å²) in [6, 6.07) is 1.67. The molecule has 1 fully saturated rings. The molecule has 0 saturated carbocycles. The zero-order valence-electron chi connectivity index (χ0n) is 9.07. The molecule has 88 valence electrons. The van der Waals surface area contributed by atoms with Gasteiger partial charge in [0.25, 0.3) is 0 Å². The number of hydrogen-bond acceptors (Lipinski definition) is 4. The van der Waals surface area contributed by atoms with E-state index in [2.05, 4.69) is 15.3 Å². The molecule has 0 spiro atoms. The summed E-state index contributed by atoms with van der Waals surface area (Å²) in [4.78, 5) is 8.24. The van der Waals surface area contributed by atoms with Gasteiger partial charge in [-0.2, -0.15) is 0 Å². The van der Waals surface area contributed by atoms with E-state index in [1.165, 1.54) is 0 Å². The van der Waals surface area contributed by atoms with Crippen LogP contribution in [0.5, 0.6) is 0 Å². The van der Waals surface area contributed by atoms with Crippen LogP contribution in [-0.4, -0.2) is 32.5 Å². The highest BCUT2D eigenvalue weighted by Crippen LogP contribution is 2.17. The lowest BCUT2D eigenvalue weighted by molar-refractivity contribution is 0.517. The molecule has 6 heteroatoms. The molecule has 1 aromatic rings. The van der Waals surface area contributed by atoms with Crippen LogP contribution in [0.4, 0.5) is 0 Å². The van der Waals surface area contributed by atoms with Gasteiger partial charge in [0, 0.05) is 10.9 Å². The first-order chi connectivity index (χ1) is 7.66. The van der Waals surface area contributed by atoms with Crippen molar-refractivity contribution in [2.24, 2.45) is 0 Å². The van der Waals surface area contributed by atoms with Crippen molar-refractivity contribution in [3.05, 3.63) is 16.9 Å². The number of halogens is 1. The molecule has 0 aromatic carbocycles. The summed E-state index contributed by atoms with van der Waals surface area (Å²) >= 11 is 5.84. The lowest BCUT2D eigenvalue weighted by atomic mass is 10.2. The Kier molecular flexibility index (Phi) is 3.89. The third-order valence-electron chi connectivity index (χ3n) is 2.57. The summed E-state index contributed by atoms with van der Waals surface area (Å²) in [5.41, 5.74) is 0.761. The Morgan fingerprint density at radius 3 is 2.75 bits per heavy atom. The second kappa shape index (κ2) is 5.21. The lowest BCUT2D eigenvalue weighted by Crippen LogP contribution is -2.33. The summed E-state index contributed by atoms with van der Waals surface area (Å²) in [5.74, 6) is 0. The number of rotatable bonds is 2. The van der Waals surface area contributed by atoms with Gasteiger partial charge >= 0.3 is 0 Å². The van der Waals surface area contributed by atoms with Crippen LogP contribution in [0, 0.1) is 6.92 Å². The van der Waals surface area contributed by atoms with E-state index >= 15 is 0 Å². The molecule has 1 aliphatic heterocycles. The summed E-state index contributed by atoms with van der Waals surface area (Å²) in [7, 11) is -1.14. The Hall–Kier alpha value is -0.520. The average Bonchev–Trinajstić information content (AvgIpc) is 2.28. The minimum atomic E-state index is -1.14. The largest absolute Gasteiger partial charge is 0.317 e. The second-order valence-electron chi connectivity index (χ2n) is 3.86. The third-order valence-corrected chi connectivity index (χ3v) is 4.38. The molecule has 1 unspecified atom stereocenters. The fourth-order valence-corrected chi connectivity index (χ4v) is 3.43. The molecule has 1 aromatic heterocycles. The highest BCUT2D eigenvalue weighted by Gasteiger charge is 2.23. The molecule has 0 amide bonds. The summed E-state index contributed by atoms with van der Waals surface area (Å²) < 4.78 is 12.2. The van der Waals surface area contributed by atoms with E-state index in [9.17, 15) is 4.21 Å². The smallest absolute Gasteiger partial charge is 0.220 e. The number of nitrogens with one attached hydrogen (secondary N) is 1. The highest BCUT2D eigenvalue weighted by molar-refractivity contribution is 7.85. The molecule has 1 saturated heterocycles. The second-order valence-corrected chi connectivity index (χ2v) is 5.88. The van der Waals surface area contributed by atoms with Crippen LogP contribution in [0.15, 0.2) is 11.2 Å². The molecule has 4 nitrogen and oxygen atoms in total. The van der Waals surface area contributed by atoms with Gasteiger partial charge < -0.3 is 5.32 Å². The van der Waals surface area contributed by atoms with Crippen LogP contribution in [0.2, 0.25) is 5.15 Å². The molecular weight excluding hydrogens is 246 g/mol. The SMILES string of the molecule is Cc1cc(Cl)nc(S(=O)C2CCNCC2)n1. The van der Waals surface area contributed by atoms with Crippen molar-refractivity contribution in [2.45, 2.75) is 30.2 Å². The molecule has 1 N–H and O–H groups in total. The summed E-state index contributed by atoms with van der Waals surface area (Å²) in [6.45, 7) is 3.66. The molecule has 0 bridgehead atoms. The standard InChI is InChI=1S/C10H14ClN3OS/c1-7-6-9(11)14-10(13-7)16(15)8-2-4-12-5-3-8/h6,8,12H,2-5H2,1H3. The van der Waals surface area contributed by atoms with Crippen LogP contribution in [-0.2, 0) is 10.8 Å². The summed E-state index contributed by atoms with van der Waals surface area (Å²) in [5, 5.41) is 4.13. The van der Waals surface area contributed by atoms with Crippen LogP contribution in [0.1, 0.15) is 18.5 Å². The Morgan fingerprint density at radius 1 is 1.44 bits per heavy atom. The first-order valence-electron chi connectivity index (χ1n) is 5.29. The topological polar surface area (TPSA) is 54.9 Å². The van der Waals surface area contributed by atoms with Crippen molar-refractivity contribution in [3.63, 3.8) is 0 Å². The molecule has 0 aliphatic carbocycles. The first-order valence-corrected chi connectivity index (χ1v) is 6.88. The van der Waals surface area contributed by atoms with E-state index in [0.717, 1.165) is 31.6 Å². The van der Waals surface area contributed by atoms with Crippen molar-refractivity contribution in [1.82, 2.24) is 15.3 Å². The molecule has 1 atom stereocenters. The molecule has 0 radical (unpaired) electrons. The Labute approximate surface area is 102 Å². The minimum Gasteiger partial charge on any atom is -0.317 e. The van der Waals surface area contributed by atoms with Crippen LogP contribution < -0.4 is 5.32 Å². The lowest BCUT2D eigenvalue weighted by Gasteiger charge is -2.21. The van der Waals surface area contributed by atoms with E-state index in [1.807, 2.05) is 6.92 Å². The monoisotopic (exact) mass is 259 g/mol. The van der Waals surface area contributed by atoms with Crippen molar-refractivity contribution < 1.29 is 4.21 Å². The van der Waals surface area contributed by atoms with Gasteiger partial charge in [-0.3, -0.25) is 4.21 Å². The summed E-state index contributed by atoms with van der Waals surface area (Å²) in [6.07, 6.45) is 1.81. The fraction of sp³-hybridized carbons (Fsp3) is 0.600. The first kappa shape index (κ1) is 12.0. The Bertz CT molecular complexity index is 387. The average molecular weight is 260 g/mol. The maximum absolute atomic E-state index is 12.2. The maximum Gasteiger partial charge on any atom is 0.220 e. The van der Waals surface area contributed by atoms with Crippen molar-refractivity contribution in [2.75, 3.05) is 13.1 Å². The zero-order chi connectivity index (χ0) is 11.5. The number of hydrogen-bond donors (Lipinski definition) is 1. The van der Waals surface area contributed by atoms with Crippen molar-refractivity contribution in [3.8, 4) is 0 Å². The fourth-order valence-electron chi connectivity index (χ4n) is 1.75. The van der Waals surface area contributed by atoms with E-state index in [4.69, 9.17) is 11.6 Å². The maximum atomic E-state index is 12.2. The molecule has 2 heterocycles. The van der Waals surface area contributed by atoms with Gasteiger partial charge in [-0.25, -0.2) is 9.97 Å². The van der Waals surface area contributed by atoms with Crippen LogP contribution in [0.25, 0.3) is 0 Å². The number of aryl methyl sites for hydroxylation is 1. The van der Waals surface area contributed by atoms with Gasteiger partial charge in [-0.05, 0) is 38.9 Å². The van der Waals surface area contributed by atoms with Gasteiger partial charge in [-0.15, -0.1) is 0 Å². The normalized spacial score (nSPS) is 19.6. The van der Waals surface area contributed by atoms with Gasteiger partial charge in [0.15, 0.2) is 0 Å². The quantitative estimate of drug-likeness (QED) is 0.643. The number of aromatic nitrogens is 2. The molecular formula is C10H14ClN3OS. The Balaban J connectivity index is 2.19. The van der Waals surface area contributed by atoms with Gasteiger partial charge in [0.05, 0.1) is 10.8 Å². The zero-order valence-corrected chi connectivity index (χ0v) is 10.6. The molecule has 16 heavy (non-hydrogen) atoms. The van der Waals surface area contributed by atoms with E-state index in [0.29, 0.717) is 10.3 Å². The predicted octanol–water partition coefficient (Wildman–Crippen LogP) is 1.30. The van der Waals surface area contributed by atoms with E-state index in [-0.39, 0.29) is 5.25 Å². The van der Waals surface area contributed by atoms with E-state index < -0.39 is 10.8 Å². The molecule has 2 rings (SSSR count). The van der Waals surface area contributed by atoms with Crippen LogP contribution >= 0.6 is 11.6 Å². The van der Waals surface area contributed by atoms with Gasteiger partial charge in [0.1, 0.15) is 5.15 Å². The van der Waals surface area contributed by atoms with Gasteiger partial charge in [-0.1, -0.05) is 11.6 Å². The molecule has 1 aliphatic rings. The predicted molar refractivity (Wildman–Crippen MR) is 64.1 cm³/mol. The Morgan fingerprint density at radius 2 is 2.12 bits per heavy atom. The number of nitrogens with zero attached hydrogens (tertiary/aromatic N) is 2. The van der Waals surface area contributed by atoms with Gasteiger partial charge in [0.2, 0.25) is 5.16 Å². The number of piperidine rings is 1. The minimum absolute atomic E-state index is 0.152. The van der Waals surface area contributed by atoms with Crippen molar-refractivity contribution >= 4 is 22.4 Å². The van der Waals surface area contributed by atoms with Crippen LogP contribution in [0.3, 0.4) is 0 Å². The third kappa shape index (κ3) is 2.78. The highest BCUT2D eigenvalue weighted by atomic mass is 35.5.